The van der Waals surface area contributed by atoms with Crippen LogP contribution in [0.2, 0.25) is 0 Å². The number of hydrogen-bond acceptors (Lipinski definition) is 5. The molecule has 4 rings (SSSR count). The number of unbranched alkanes of at least 4 members (excludes halogenated alkanes) is 2. The van der Waals surface area contributed by atoms with E-state index in [0.29, 0.717) is 29.4 Å². The Balaban J connectivity index is 1.43. The summed E-state index contributed by atoms with van der Waals surface area (Å²) in [5.41, 5.74) is 8.75. The predicted octanol–water partition coefficient (Wildman–Crippen LogP) is 3.07. The number of nitrogens with one attached hydrogen (secondary N) is 1. The van der Waals surface area contributed by atoms with Gasteiger partial charge in [-0.2, -0.15) is 0 Å². The maximum Gasteiger partial charge on any atom is 0.277 e. The highest BCUT2D eigenvalue weighted by molar-refractivity contribution is 5.96. The Hall–Kier alpha value is -3.52. The fraction of sp³-hybridized carbons (Fsp3) is 0.407. The minimum Gasteiger partial charge on any atom is -0.384 e. The zero-order chi connectivity index (χ0) is 24.9. The van der Waals surface area contributed by atoms with Crippen molar-refractivity contribution in [2.75, 3.05) is 26.7 Å². The van der Waals surface area contributed by atoms with Crippen molar-refractivity contribution in [1.29, 1.82) is 5.41 Å². The highest BCUT2D eigenvalue weighted by Crippen LogP contribution is 2.20. The molecule has 0 aliphatic carbocycles. The van der Waals surface area contributed by atoms with E-state index in [2.05, 4.69) is 9.88 Å². The van der Waals surface area contributed by atoms with Gasteiger partial charge >= 0.3 is 0 Å². The van der Waals surface area contributed by atoms with Crippen molar-refractivity contribution in [1.82, 2.24) is 19.4 Å². The lowest BCUT2D eigenvalue weighted by molar-refractivity contribution is -0.129. The number of nitrogens with two attached hydrogens (primary N) is 1. The van der Waals surface area contributed by atoms with Gasteiger partial charge in [0, 0.05) is 50.8 Å². The number of aryl methyl sites for hydroxylation is 1. The molecule has 35 heavy (non-hydrogen) atoms. The van der Waals surface area contributed by atoms with Gasteiger partial charge < -0.3 is 20.1 Å². The van der Waals surface area contributed by atoms with Crippen molar-refractivity contribution >= 4 is 22.8 Å². The van der Waals surface area contributed by atoms with E-state index in [1.54, 1.807) is 25.1 Å². The molecule has 8 heteroatoms. The standard InChI is InChI=1S/C27H34N6O2/c1-19(34)31(2)22-13-16-32(18-22)14-6-3-7-15-33-24-12-5-4-11-23(24)30-25(27(33)35)20-9-8-10-21(17-20)26(28)29/h4-5,8-12,17,22H,3,6-7,13-16,18H2,1-2H3,(H3,28,29). The van der Waals surface area contributed by atoms with Crippen molar-refractivity contribution in [2.45, 2.75) is 45.2 Å². The number of likely N-dealkylation sites (tertiary alicyclic amines) is 1. The van der Waals surface area contributed by atoms with Gasteiger partial charge in [0.2, 0.25) is 5.91 Å². The van der Waals surface area contributed by atoms with Crippen molar-refractivity contribution in [2.24, 2.45) is 5.73 Å². The van der Waals surface area contributed by atoms with Gasteiger partial charge in [-0.15, -0.1) is 0 Å². The SMILES string of the molecule is CC(=O)N(C)C1CCN(CCCCCn2c(=O)c(-c3cccc(C(=N)N)c3)nc3ccccc32)C1. The van der Waals surface area contributed by atoms with Crippen LogP contribution in [-0.4, -0.2) is 63.8 Å². The van der Waals surface area contributed by atoms with Gasteiger partial charge in [-0.25, -0.2) is 4.98 Å². The topological polar surface area (TPSA) is 108 Å². The van der Waals surface area contributed by atoms with Crippen molar-refractivity contribution in [3.05, 3.63) is 64.4 Å². The zero-order valence-electron chi connectivity index (χ0n) is 20.5. The van der Waals surface area contributed by atoms with Gasteiger partial charge in [-0.3, -0.25) is 15.0 Å². The molecule has 2 aromatic carbocycles. The molecule has 1 aromatic heterocycles. The molecular weight excluding hydrogens is 440 g/mol. The summed E-state index contributed by atoms with van der Waals surface area (Å²) in [4.78, 5) is 34.0. The maximum atomic E-state index is 13.5. The van der Waals surface area contributed by atoms with E-state index in [9.17, 15) is 9.59 Å². The second-order valence-corrected chi connectivity index (χ2v) is 9.33. The number of para-hydroxylation sites is 2. The lowest BCUT2D eigenvalue weighted by Gasteiger charge is -2.23. The highest BCUT2D eigenvalue weighted by atomic mass is 16.2. The van der Waals surface area contributed by atoms with Gasteiger partial charge in [0.15, 0.2) is 0 Å². The fourth-order valence-electron chi connectivity index (χ4n) is 4.81. The summed E-state index contributed by atoms with van der Waals surface area (Å²) in [6.07, 6.45) is 4.00. The van der Waals surface area contributed by atoms with E-state index in [4.69, 9.17) is 11.1 Å². The molecule has 8 nitrogen and oxygen atoms in total. The van der Waals surface area contributed by atoms with Crippen LogP contribution in [0.25, 0.3) is 22.3 Å². The smallest absolute Gasteiger partial charge is 0.277 e. The summed E-state index contributed by atoms with van der Waals surface area (Å²) < 4.78 is 1.83. The van der Waals surface area contributed by atoms with Gasteiger partial charge in [0.25, 0.3) is 5.56 Å². The van der Waals surface area contributed by atoms with Crippen LogP contribution in [0.5, 0.6) is 0 Å². The Labute approximate surface area is 205 Å². The molecule has 1 amide bonds. The van der Waals surface area contributed by atoms with E-state index < -0.39 is 0 Å². The Morgan fingerprint density at radius 2 is 1.91 bits per heavy atom. The number of carbonyl (C=O) groups excluding carboxylic acids is 1. The van der Waals surface area contributed by atoms with Crippen molar-refractivity contribution in [3.63, 3.8) is 0 Å². The average Bonchev–Trinajstić information content (AvgIpc) is 3.33. The van der Waals surface area contributed by atoms with E-state index in [1.807, 2.05) is 46.8 Å². The first-order chi connectivity index (χ1) is 16.8. The third kappa shape index (κ3) is 5.59. The molecule has 1 saturated heterocycles. The number of benzene rings is 2. The Kier molecular flexibility index (Phi) is 7.60. The molecule has 0 bridgehead atoms. The quantitative estimate of drug-likeness (QED) is 0.281. The first-order valence-corrected chi connectivity index (χ1v) is 12.3. The fourth-order valence-corrected chi connectivity index (χ4v) is 4.81. The predicted molar refractivity (Wildman–Crippen MR) is 140 cm³/mol. The third-order valence-corrected chi connectivity index (χ3v) is 6.95. The van der Waals surface area contributed by atoms with E-state index in [1.165, 1.54) is 0 Å². The molecule has 1 fully saturated rings. The van der Waals surface area contributed by atoms with Crippen LogP contribution >= 0.6 is 0 Å². The molecule has 0 radical (unpaired) electrons. The third-order valence-electron chi connectivity index (χ3n) is 6.95. The van der Waals surface area contributed by atoms with Crippen LogP contribution < -0.4 is 11.3 Å². The largest absolute Gasteiger partial charge is 0.384 e. The normalized spacial score (nSPS) is 16.0. The number of aromatic nitrogens is 2. The number of rotatable bonds is 9. The lowest BCUT2D eigenvalue weighted by atomic mass is 10.1. The monoisotopic (exact) mass is 474 g/mol. The zero-order valence-corrected chi connectivity index (χ0v) is 20.5. The van der Waals surface area contributed by atoms with Crippen LogP contribution in [0.3, 0.4) is 0 Å². The van der Waals surface area contributed by atoms with Gasteiger partial charge in [0.05, 0.1) is 11.0 Å². The van der Waals surface area contributed by atoms with E-state index in [-0.39, 0.29) is 17.3 Å². The summed E-state index contributed by atoms with van der Waals surface area (Å²) in [5.74, 6) is 0.0875. The average molecular weight is 475 g/mol. The Morgan fingerprint density at radius 1 is 1.14 bits per heavy atom. The lowest BCUT2D eigenvalue weighted by Crippen LogP contribution is -2.37. The van der Waals surface area contributed by atoms with E-state index in [0.717, 1.165) is 56.4 Å². The molecule has 1 aliphatic rings. The van der Waals surface area contributed by atoms with Crippen molar-refractivity contribution < 1.29 is 4.79 Å². The molecule has 3 aromatic rings. The van der Waals surface area contributed by atoms with Crippen LogP contribution in [0.15, 0.2) is 53.3 Å². The van der Waals surface area contributed by atoms with Crippen LogP contribution in [0.4, 0.5) is 0 Å². The second kappa shape index (κ2) is 10.8. The molecule has 1 unspecified atom stereocenters. The molecule has 184 valence electrons. The summed E-state index contributed by atoms with van der Waals surface area (Å²) >= 11 is 0. The number of amidine groups is 1. The summed E-state index contributed by atoms with van der Waals surface area (Å²) in [6.45, 7) is 5.22. The minimum absolute atomic E-state index is 0.0368. The maximum absolute atomic E-state index is 13.5. The first kappa shape index (κ1) is 24.6. The number of amides is 1. The number of nitrogens with zero attached hydrogens (tertiary/aromatic N) is 4. The molecule has 1 atom stereocenters. The number of carbonyl (C=O) groups is 1. The van der Waals surface area contributed by atoms with Gasteiger partial charge in [-0.05, 0) is 44.0 Å². The second-order valence-electron chi connectivity index (χ2n) is 9.33. The molecule has 0 saturated carbocycles. The molecule has 3 N–H and O–H groups in total. The van der Waals surface area contributed by atoms with Crippen molar-refractivity contribution in [3.8, 4) is 11.3 Å². The number of likely N-dealkylation sites (N-methyl/N-ethyl adjacent to an activating group) is 1. The molecular formula is C27H34N6O2. The van der Waals surface area contributed by atoms with Gasteiger partial charge in [0.1, 0.15) is 11.5 Å². The highest BCUT2D eigenvalue weighted by Gasteiger charge is 2.26. The van der Waals surface area contributed by atoms with Gasteiger partial charge in [-0.1, -0.05) is 36.8 Å². The summed E-state index contributed by atoms with van der Waals surface area (Å²) in [7, 11) is 1.89. The number of hydrogen-bond donors (Lipinski definition) is 2. The summed E-state index contributed by atoms with van der Waals surface area (Å²) in [6, 6.07) is 15.2. The van der Waals surface area contributed by atoms with Crippen LogP contribution in [0.1, 0.15) is 38.2 Å². The Bertz CT molecular complexity index is 1280. The minimum atomic E-state index is -0.126. The molecule has 1 aliphatic heterocycles. The Morgan fingerprint density at radius 3 is 2.69 bits per heavy atom. The van der Waals surface area contributed by atoms with Crippen LogP contribution in [-0.2, 0) is 11.3 Å². The van der Waals surface area contributed by atoms with Crippen LogP contribution in [0, 0.1) is 5.41 Å². The molecule has 0 spiro atoms. The number of fused-ring (bicyclic) bond motifs is 1. The summed E-state index contributed by atoms with van der Waals surface area (Å²) in [5, 5.41) is 7.72. The molecule has 2 heterocycles. The van der Waals surface area contributed by atoms with E-state index >= 15 is 0 Å². The number of nitrogen functional groups attached to an aromatic ring is 1. The first-order valence-electron chi connectivity index (χ1n) is 12.3.